The molecule has 4 N–H and O–H groups in total. The molecule has 0 saturated carbocycles. The third kappa shape index (κ3) is 8.81. The van der Waals surface area contributed by atoms with E-state index in [1.54, 1.807) is 6.92 Å². The van der Waals surface area contributed by atoms with Gasteiger partial charge >= 0.3 is 0 Å². The number of aliphatic hydroxyl groups excluding tert-OH is 4. The van der Waals surface area contributed by atoms with Crippen LogP contribution in [0.25, 0.3) is 0 Å². The zero-order chi connectivity index (χ0) is 11.8. The normalized spacial score (nSPS) is 19.6. The molecule has 0 fully saturated rings. The quantitative estimate of drug-likeness (QED) is 0.473. The Labute approximate surface area is 91.6 Å². The van der Waals surface area contributed by atoms with Crippen LogP contribution >= 0.6 is 0 Å². The summed E-state index contributed by atoms with van der Waals surface area (Å²) in [4.78, 5) is 0. The molecule has 0 aliphatic rings. The maximum atomic E-state index is 9.55. The Morgan fingerprint density at radius 2 is 1.47 bits per heavy atom. The maximum Gasteiger partial charge on any atom is 0.0589 e. The molecule has 4 nitrogen and oxygen atoms in total. The fourth-order valence-corrected chi connectivity index (χ4v) is 1.49. The molecule has 4 unspecified atom stereocenters. The van der Waals surface area contributed by atoms with E-state index in [2.05, 4.69) is 0 Å². The van der Waals surface area contributed by atoms with Gasteiger partial charge in [0.25, 0.3) is 0 Å². The molecule has 0 rings (SSSR count). The Balaban J connectivity index is 3.59. The van der Waals surface area contributed by atoms with Gasteiger partial charge in [0.05, 0.1) is 18.3 Å². The minimum Gasteiger partial charge on any atom is -0.396 e. The second-order valence-electron chi connectivity index (χ2n) is 4.49. The third-order valence-corrected chi connectivity index (χ3v) is 2.46. The van der Waals surface area contributed by atoms with E-state index in [1.165, 1.54) is 0 Å². The Morgan fingerprint density at radius 1 is 0.867 bits per heavy atom. The van der Waals surface area contributed by atoms with Crippen LogP contribution in [0, 0.1) is 5.92 Å². The first-order valence-electron chi connectivity index (χ1n) is 5.60. The number of hydrogen-bond donors (Lipinski definition) is 4. The van der Waals surface area contributed by atoms with Crippen LogP contribution in [0.2, 0.25) is 0 Å². The summed E-state index contributed by atoms with van der Waals surface area (Å²) in [5, 5.41) is 36.8. The van der Waals surface area contributed by atoms with Crippen LogP contribution in [-0.2, 0) is 0 Å². The highest BCUT2D eigenvalue weighted by molar-refractivity contribution is 4.67. The van der Waals surface area contributed by atoms with Gasteiger partial charge in [-0.3, -0.25) is 0 Å². The lowest BCUT2D eigenvalue weighted by molar-refractivity contribution is 0.0393. The van der Waals surface area contributed by atoms with E-state index in [1.807, 2.05) is 6.92 Å². The summed E-state index contributed by atoms with van der Waals surface area (Å²) in [5.41, 5.74) is 0. The summed E-state index contributed by atoms with van der Waals surface area (Å²) in [6, 6.07) is 0. The lowest BCUT2D eigenvalue weighted by Crippen LogP contribution is -2.22. The molecule has 0 saturated heterocycles. The molecule has 0 spiro atoms. The summed E-state index contributed by atoms with van der Waals surface area (Å²) in [5.74, 6) is 0.188. The molecule has 4 atom stereocenters. The molecule has 0 radical (unpaired) electrons. The zero-order valence-electron chi connectivity index (χ0n) is 9.63. The largest absolute Gasteiger partial charge is 0.396 e. The summed E-state index contributed by atoms with van der Waals surface area (Å²) < 4.78 is 0. The molecule has 0 aromatic carbocycles. The second kappa shape index (κ2) is 8.05. The van der Waals surface area contributed by atoms with Crippen molar-refractivity contribution in [2.75, 3.05) is 6.61 Å². The summed E-state index contributed by atoms with van der Waals surface area (Å²) in [6.07, 6.45) is 0.189. The predicted molar refractivity (Wildman–Crippen MR) is 58.4 cm³/mol. The Hall–Kier alpha value is -0.160. The Kier molecular flexibility index (Phi) is 7.96. The number of rotatable bonds is 8. The molecule has 15 heavy (non-hydrogen) atoms. The van der Waals surface area contributed by atoms with Gasteiger partial charge in [-0.15, -0.1) is 0 Å². The highest BCUT2D eigenvalue weighted by Crippen LogP contribution is 2.13. The summed E-state index contributed by atoms with van der Waals surface area (Å²) >= 11 is 0. The van der Waals surface area contributed by atoms with Gasteiger partial charge in [-0.05, 0) is 38.5 Å². The molecule has 0 aliphatic carbocycles. The fraction of sp³-hybridized carbons (Fsp3) is 1.00. The van der Waals surface area contributed by atoms with Crippen molar-refractivity contribution < 1.29 is 20.4 Å². The van der Waals surface area contributed by atoms with Gasteiger partial charge in [0, 0.05) is 6.61 Å². The van der Waals surface area contributed by atoms with Crippen LogP contribution in [0.4, 0.5) is 0 Å². The van der Waals surface area contributed by atoms with Gasteiger partial charge in [-0.25, -0.2) is 0 Å². The van der Waals surface area contributed by atoms with Gasteiger partial charge in [-0.1, -0.05) is 6.92 Å². The van der Waals surface area contributed by atoms with E-state index in [0.717, 1.165) is 6.42 Å². The Bertz CT molecular complexity index is 150. The van der Waals surface area contributed by atoms with E-state index >= 15 is 0 Å². The van der Waals surface area contributed by atoms with E-state index in [9.17, 15) is 10.2 Å². The van der Waals surface area contributed by atoms with Crippen molar-refractivity contribution in [3.05, 3.63) is 0 Å². The molecule has 0 aromatic rings. The van der Waals surface area contributed by atoms with E-state index < -0.39 is 18.3 Å². The minimum absolute atomic E-state index is 0.128. The number of hydrogen-bond acceptors (Lipinski definition) is 4. The van der Waals surface area contributed by atoms with E-state index in [0.29, 0.717) is 19.3 Å². The van der Waals surface area contributed by atoms with Gasteiger partial charge in [0.2, 0.25) is 0 Å². The molecule has 0 heterocycles. The van der Waals surface area contributed by atoms with Crippen molar-refractivity contribution in [2.45, 2.75) is 57.8 Å². The third-order valence-electron chi connectivity index (χ3n) is 2.46. The average molecular weight is 220 g/mol. The van der Waals surface area contributed by atoms with Crippen molar-refractivity contribution in [1.82, 2.24) is 0 Å². The lowest BCUT2D eigenvalue weighted by atomic mass is 9.99. The number of aliphatic hydroxyl groups is 4. The Morgan fingerprint density at radius 3 is 1.93 bits per heavy atom. The van der Waals surface area contributed by atoms with Crippen LogP contribution in [0.3, 0.4) is 0 Å². The first-order chi connectivity index (χ1) is 6.95. The van der Waals surface area contributed by atoms with E-state index in [4.69, 9.17) is 10.2 Å². The molecule has 0 aromatic heterocycles. The van der Waals surface area contributed by atoms with Gasteiger partial charge in [0.15, 0.2) is 0 Å². The first kappa shape index (κ1) is 14.8. The predicted octanol–water partition coefficient (Wildman–Crippen LogP) is 0.278. The SMILES string of the molecule is CC(O)CC(O)CC(O)CCC(C)CO. The smallest absolute Gasteiger partial charge is 0.0589 e. The molecule has 4 heteroatoms. The summed E-state index contributed by atoms with van der Waals surface area (Å²) in [6.45, 7) is 3.66. The molecule has 0 amide bonds. The van der Waals surface area contributed by atoms with Crippen LogP contribution in [0.15, 0.2) is 0 Å². The van der Waals surface area contributed by atoms with Crippen molar-refractivity contribution in [3.8, 4) is 0 Å². The standard InChI is InChI=1S/C11H24O4/c1-8(7-12)3-4-10(14)6-11(15)5-9(2)13/h8-15H,3-7H2,1-2H3. The van der Waals surface area contributed by atoms with Crippen LogP contribution < -0.4 is 0 Å². The molecule has 0 aliphatic heterocycles. The van der Waals surface area contributed by atoms with Gasteiger partial charge in [-0.2, -0.15) is 0 Å². The topological polar surface area (TPSA) is 80.9 Å². The monoisotopic (exact) mass is 220 g/mol. The summed E-state index contributed by atoms with van der Waals surface area (Å²) in [7, 11) is 0. The molecule has 0 bridgehead atoms. The van der Waals surface area contributed by atoms with Crippen LogP contribution in [0.5, 0.6) is 0 Å². The van der Waals surface area contributed by atoms with Crippen molar-refractivity contribution >= 4 is 0 Å². The first-order valence-corrected chi connectivity index (χ1v) is 5.60. The maximum absolute atomic E-state index is 9.55. The van der Waals surface area contributed by atoms with Crippen LogP contribution in [-0.4, -0.2) is 45.3 Å². The fourth-order valence-electron chi connectivity index (χ4n) is 1.49. The van der Waals surface area contributed by atoms with Gasteiger partial charge < -0.3 is 20.4 Å². The minimum atomic E-state index is -0.649. The molecular formula is C11H24O4. The van der Waals surface area contributed by atoms with Crippen LogP contribution in [0.1, 0.15) is 39.5 Å². The van der Waals surface area contributed by atoms with Gasteiger partial charge in [0.1, 0.15) is 0 Å². The van der Waals surface area contributed by atoms with Crippen molar-refractivity contribution in [3.63, 3.8) is 0 Å². The highest BCUT2D eigenvalue weighted by atomic mass is 16.3. The van der Waals surface area contributed by atoms with E-state index in [-0.39, 0.29) is 12.5 Å². The molecular weight excluding hydrogens is 196 g/mol. The average Bonchev–Trinajstić information content (AvgIpc) is 2.12. The zero-order valence-corrected chi connectivity index (χ0v) is 9.63. The van der Waals surface area contributed by atoms with Crippen molar-refractivity contribution in [2.24, 2.45) is 5.92 Å². The second-order valence-corrected chi connectivity index (χ2v) is 4.49. The lowest BCUT2D eigenvalue weighted by Gasteiger charge is -2.17. The van der Waals surface area contributed by atoms with Crippen molar-refractivity contribution in [1.29, 1.82) is 0 Å². The molecule has 92 valence electrons. The highest BCUT2D eigenvalue weighted by Gasteiger charge is 2.14.